The van der Waals surface area contributed by atoms with E-state index in [2.05, 4.69) is 15.9 Å². The number of carboxylic acid groups (broad SMARTS) is 1. The molecule has 0 heterocycles. The molecule has 0 radical (unpaired) electrons. The van der Waals surface area contributed by atoms with Crippen molar-refractivity contribution >= 4 is 33.7 Å². The van der Waals surface area contributed by atoms with E-state index in [1.807, 2.05) is 23.9 Å². The molecule has 0 aromatic heterocycles. The van der Waals surface area contributed by atoms with E-state index in [9.17, 15) is 4.79 Å². The zero-order valence-electron chi connectivity index (χ0n) is 9.49. The molecule has 4 heteroatoms. The van der Waals surface area contributed by atoms with Crippen LogP contribution in [0.5, 0.6) is 0 Å². The first-order valence-electron chi connectivity index (χ1n) is 5.86. The van der Waals surface area contributed by atoms with Gasteiger partial charge in [0, 0.05) is 14.6 Å². The maximum atomic E-state index is 10.9. The van der Waals surface area contributed by atoms with Gasteiger partial charge in [0.25, 0.3) is 0 Å². The molecule has 0 amide bonds. The Kier molecular flexibility index (Phi) is 4.51. The second kappa shape index (κ2) is 5.91. The number of benzene rings is 1. The van der Waals surface area contributed by atoms with E-state index < -0.39 is 5.97 Å². The van der Waals surface area contributed by atoms with Crippen LogP contribution in [-0.2, 0) is 0 Å². The van der Waals surface area contributed by atoms with Gasteiger partial charge in [-0.15, -0.1) is 11.8 Å². The number of halogens is 1. The van der Waals surface area contributed by atoms with Crippen LogP contribution in [0.2, 0.25) is 0 Å². The van der Waals surface area contributed by atoms with Gasteiger partial charge in [-0.3, -0.25) is 0 Å². The van der Waals surface area contributed by atoms with Crippen molar-refractivity contribution in [3.8, 4) is 0 Å². The standard InChI is InChI=1S/C13H15BrO2S/c14-12-8-10(6-7-11(12)13(15)16)17-9-4-2-1-3-5-9/h6-9H,1-5H2,(H,15,16). The summed E-state index contributed by atoms with van der Waals surface area (Å²) in [4.78, 5) is 12.0. The highest BCUT2D eigenvalue weighted by Crippen LogP contribution is 2.35. The number of aromatic carboxylic acids is 1. The summed E-state index contributed by atoms with van der Waals surface area (Å²) in [5.41, 5.74) is 0.331. The fraction of sp³-hybridized carbons (Fsp3) is 0.462. The quantitative estimate of drug-likeness (QED) is 0.887. The van der Waals surface area contributed by atoms with Crippen molar-refractivity contribution in [2.24, 2.45) is 0 Å². The minimum absolute atomic E-state index is 0.331. The van der Waals surface area contributed by atoms with Crippen LogP contribution in [0.25, 0.3) is 0 Å². The molecule has 0 bridgehead atoms. The van der Waals surface area contributed by atoms with Gasteiger partial charge in [-0.25, -0.2) is 4.79 Å². The first-order chi connectivity index (χ1) is 8.16. The maximum Gasteiger partial charge on any atom is 0.336 e. The van der Waals surface area contributed by atoms with Crippen LogP contribution in [0.3, 0.4) is 0 Å². The number of hydrogen-bond acceptors (Lipinski definition) is 2. The Morgan fingerprint density at radius 2 is 2.00 bits per heavy atom. The molecule has 2 rings (SSSR count). The van der Waals surface area contributed by atoms with Gasteiger partial charge in [0.15, 0.2) is 0 Å². The van der Waals surface area contributed by atoms with Gasteiger partial charge in [-0.1, -0.05) is 19.3 Å². The third-order valence-corrected chi connectivity index (χ3v) is 5.01. The lowest BCUT2D eigenvalue weighted by Gasteiger charge is -2.21. The van der Waals surface area contributed by atoms with Crippen LogP contribution in [0.4, 0.5) is 0 Å². The first kappa shape index (κ1) is 13.0. The summed E-state index contributed by atoms with van der Waals surface area (Å²) in [6, 6.07) is 5.51. The van der Waals surface area contributed by atoms with E-state index in [1.54, 1.807) is 6.07 Å². The fourth-order valence-corrected chi connectivity index (χ4v) is 4.10. The van der Waals surface area contributed by atoms with Gasteiger partial charge in [-0.2, -0.15) is 0 Å². The lowest BCUT2D eigenvalue weighted by atomic mass is 10.0. The van der Waals surface area contributed by atoms with E-state index in [-0.39, 0.29) is 0 Å². The maximum absolute atomic E-state index is 10.9. The van der Waals surface area contributed by atoms with Crippen LogP contribution in [0.15, 0.2) is 27.6 Å². The monoisotopic (exact) mass is 314 g/mol. The zero-order valence-corrected chi connectivity index (χ0v) is 11.9. The topological polar surface area (TPSA) is 37.3 Å². The Hall–Kier alpha value is -0.480. The minimum atomic E-state index is -0.883. The highest BCUT2D eigenvalue weighted by molar-refractivity contribution is 9.10. The molecule has 1 saturated carbocycles. The fourth-order valence-electron chi connectivity index (χ4n) is 2.12. The van der Waals surface area contributed by atoms with Crippen LogP contribution < -0.4 is 0 Å². The second-order valence-electron chi connectivity index (χ2n) is 4.32. The van der Waals surface area contributed by atoms with Crippen molar-refractivity contribution in [2.45, 2.75) is 42.2 Å². The highest BCUT2D eigenvalue weighted by atomic mass is 79.9. The molecule has 0 saturated heterocycles. The van der Waals surface area contributed by atoms with Crippen molar-refractivity contribution in [3.63, 3.8) is 0 Å². The summed E-state index contributed by atoms with van der Waals surface area (Å²) in [6.07, 6.45) is 6.57. The van der Waals surface area contributed by atoms with Gasteiger partial charge in [-0.05, 0) is 47.0 Å². The number of thioether (sulfide) groups is 1. The molecule has 1 aliphatic carbocycles. The minimum Gasteiger partial charge on any atom is -0.478 e. The molecule has 0 aliphatic heterocycles. The molecular formula is C13H15BrO2S. The average molecular weight is 315 g/mol. The predicted molar refractivity (Wildman–Crippen MR) is 73.8 cm³/mol. The number of carboxylic acids is 1. The third-order valence-electron chi connectivity index (χ3n) is 3.03. The smallest absolute Gasteiger partial charge is 0.336 e. The lowest BCUT2D eigenvalue weighted by Crippen LogP contribution is -2.07. The van der Waals surface area contributed by atoms with E-state index in [0.717, 1.165) is 4.90 Å². The van der Waals surface area contributed by atoms with Crippen molar-refractivity contribution in [2.75, 3.05) is 0 Å². The van der Waals surface area contributed by atoms with Crippen LogP contribution in [0.1, 0.15) is 42.5 Å². The number of carbonyl (C=O) groups is 1. The summed E-state index contributed by atoms with van der Waals surface area (Å²) in [7, 11) is 0. The largest absolute Gasteiger partial charge is 0.478 e. The molecule has 0 spiro atoms. The van der Waals surface area contributed by atoms with Gasteiger partial charge in [0.2, 0.25) is 0 Å². The Morgan fingerprint density at radius 1 is 1.29 bits per heavy atom. The Balaban J connectivity index is 2.06. The Labute approximate surface area is 114 Å². The molecule has 0 unspecified atom stereocenters. The van der Waals surface area contributed by atoms with Gasteiger partial charge in [0.1, 0.15) is 0 Å². The zero-order chi connectivity index (χ0) is 12.3. The molecule has 0 atom stereocenters. The molecule has 2 nitrogen and oxygen atoms in total. The van der Waals surface area contributed by atoms with Crippen LogP contribution >= 0.6 is 27.7 Å². The van der Waals surface area contributed by atoms with E-state index in [0.29, 0.717) is 15.3 Å². The summed E-state index contributed by atoms with van der Waals surface area (Å²) in [5.74, 6) is -0.883. The molecule has 1 aromatic rings. The normalized spacial score (nSPS) is 17.0. The van der Waals surface area contributed by atoms with Gasteiger partial charge >= 0.3 is 5.97 Å². The summed E-state index contributed by atoms with van der Waals surface area (Å²) >= 11 is 5.19. The van der Waals surface area contributed by atoms with Crippen molar-refractivity contribution in [1.82, 2.24) is 0 Å². The molecular weight excluding hydrogens is 300 g/mol. The van der Waals surface area contributed by atoms with E-state index in [1.165, 1.54) is 32.1 Å². The first-order valence-corrected chi connectivity index (χ1v) is 7.53. The van der Waals surface area contributed by atoms with Gasteiger partial charge in [0.05, 0.1) is 5.56 Å². The van der Waals surface area contributed by atoms with Crippen LogP contribution in [-0.4, -0.2) is 16.3 Å². The molecule has 1 fully saturated rings. The lowest BCUT2D eigenvalue weighted by molar-refractivity contribution is 0.0696. The average Bonchev–Trinajstić information content (AvgIpc) is 2.30. The Morgan fingerprint density at radius 3 is 2.59 bits per heavy atom. The summed E-state index contributed by atoms with van der Waals surface area (Å²) in [5, 5.41) is 9.64. The van der Waals surface area contributed by atoms with Crippen molar-refractivity contribution < 1.29 is 9.90 Å². The number of hydrogen-bond donors (Lipinski definition) is 1. The third kappa shape index (κ3) is 3.49. The van der Waals surface area contributed by atoms with E-state index >= 15 is 0 Å². The molecule has 1 aromatic carbocycles. The number of rotatable bonds is 3. The Bertz CT molecular complexity index is 414. The van der Waals surface area contributed by atoms with Crippen molar-refractivity contribution in [3.05, 3.63) is 28.2 Å². The van der Waals surface area contributed by atoms with Gasteiger partial charge < -0.3 is 5.11 Å². The highest BCUT2D eigenvalue weighted by Gasteiger charge is 2.15. The molecule has 1 N–H and O–H groups in total. The molecule has 92 valence electrons. The molecule has 1 aliphatic rings. The summed E-state index contributed by atoms with van der Waals surface area (Å²) < 4.78 is 0.672. The SMILES string of the molecule is O=C(O)c1ccc(SC2CCCCC2)cc1Br. The summed E-state index contributed by atoms with van der Waals surface area (Å²) in [6.45, 7) is 0. The van der Waals surface area contributed by atoms with E-state index in [4.69, 9.17) is 5.11 Å². The second-order valence-corrected chi connectivity index (χ2v) is 6.55. The predicted octanol–water partition coefficient (Wildman–Crippen LogP) is 4.57. The molecule has 17 heavy (non-hydrogen) atoms. The van der Waals surface area contributed by atoms with Crippen LogP contribution in [0, 0.1) is 0 Å². The van der Waals surface area contributed by atoms with Crippen molar-refractivity contribution in [1.29, 1.82) is 0 Å².